The zero-order valence-electron chi connectivity index (χ0n) is 8.15. The number of rotatable bonds is 5. The zero-order valence-corrected chi connectivity index (χ0v) is 8.97. The summed E-state index contributed by atoms with van der Waals surface area (Å²) in [5.74, 6) is -0.198. The third-order valence-electron chi connectivity index (χ3n) is 1.56. The first-order valence-corrected chi connectivity index (χ1v) is 5.74. The number of amides is 1. The van der Waals surface area contributed by atoms with E-state index in [4.69, 9.17) is 0 Å². The zero-order chi connectivity index (χ0) is 11.3. The molecule has 0 spiro atoms. The summed E-state index contributed by atoms with van der Waals surface area (Å²) < 4.78 is 25.2. The summed E-state index contributed by atoms with van der Waals surface area (Å²) in [6.45, 7) is 1.76. The highest BCUT2D eigenvalue weighted by atomic mass is 32.2. The van der Waals surface area contributed by atoms with Crippen molar-refractivity contribution in [2.45, 2.75) is 11.9 Å². The molecule has 0 atom stereocenters. The minimum Gasteiger partial charge on any atom is -0.355 e. The molecule has 0 saturated heterocycles. The van der Waals surface area contributed by atoms with E-state index >= 15 is 0 Å². The van der Waals surface area contributed by atoms with Crippen LogP contribution in [-0.4, -0.2) is 37.6 Å². The van der Waals surface area contributed by atoms with Crippen LogP contribution in [0.15, 0.2) is 17.3 Å². The Labute approximate surface area is 87.3 Å². The van der Waals surface area contributed by atoms with Gasteiger partial charge in [0.1, 0.15) is 0 Å². The lowest BCUT2D eigenvalue weighted by atomic mass is 10.6. The van der Waals surface area contributed by atoms with E-state index in [1.807, 2.05) is 0 Å². The fraction of sp³-hybridized carbons (Fsp3) is 0.429. The number of nitrogens with zero attached hydrogens (tertiary/aromatic N) is 1. The maximum absolute atomic E-state index is 11.4. The molecule has 0 aliphatic rings. The van der Waals surface area contributed by atoms with E-state index in [-0.39, 0.29) is 24.0 Å². The molecule has 1 heterocycles. The van der Waals surface area contributed by atoms with Gasteiger partial charge in [-0.25, -0.2) is 13.1 Å². The van der Waals surface area contributed by atoms with Gasteiger partial charge < -0.3 is 5.32 Å². The van der Waals surface area contributed by atoms with Gasteiger partial charge in [-0.15, -0.1) is 0 Å². The molecule has 0 aromatic carbocycles. The van der Waals surface area contributed by atoms with Gasteiger partial charge in [-0.05, 0) is 6.07 Å². The molecule has 0 aliphatic carbocycles. The van der Waals surface area contributed by atoms with Crippen LogP contribution in [0.1, 0.15) is 6.92 Å². The molecule has 1 amide bonds. The van der Waals surface area contributed by atoms with Crippen LogP contribution < -0.4 is 10.0 Å². The predicted molar refractivity (Wildman–Crippen MR) is 52.5 cm³/mol. The molecule has 0 radical (unpaired) electrons. The Morgan fingerprint density at radius 3 is 2.80 bits per heavy atom. The molecular weight excluding hydrogens is 220 g/mol. The van der Waals surface area contributed by atoms with Crippen LogP contribution >= 0.6 is 0 Å². The Hall–Kier alpha value is -1.41. The number of aromatic nitrogens is 2. The molecule has 0 bridgehead atoms. The quantitative estimate of drug-likeness (QED) is 0.556. The third-order valence-corrected chi connectivity index (χ3v) is 2.95. The van der Waals surface area contributed by atoms with Crippen LogP contribution in [0.3, 0.4) is 0 Å². The van der Waals surface area contributed by atoms with Crippen LogP contribution in [0.5, 0.6) is 0 Å². The summed E-state index contributed by atoms with van der Waals surface area (Å²) in [4.78, 5) is 10.5. The third kappa shape index (κ3) is 3.68. The Bertz CT molecular complexity index is 411. The molecular formula is C7H12N4O3S. The minimum atomic E-state index is -3.53. The lowest BCUT2D eigenvalue weighted by Gasteiger charge is -2.04. The molecule has 84 valence electrons. The van der Waals surface area contributed by atoms with Gasteiger partial charge in [0.2, 0.25) is 5.91 Å². The molecule has 1 aromatic heterocycles. The summed E-state index contributed by atoms with van der Waals surface area (Å²) in [6, 6.07) is 1.35. The monoisotopic (exact) mass is 232 g/mol. The molecule has 0 aliphatic heterocycles. The summed E-state index contributed by atoms with van der Waals surface area (Å²) in [6.07, 6.45) is 1.35. The number of hydrogen-bond donors (Lipinski definition) is 3. The highest BCUT2D eigenvalue weighted by Crippen LogP contribution is 2.00. The van der Waals surface area contributed by atoms with Crippen molar-refractivity contribution >= 4 is 15.9 Å². The van der Waals surface area contributed by atoms with Crippen LogP contribution in [0.4, 0.5) is 0 Å². The molecule has 1 aromatic rings. The molecule has 1 rings (SSSR count). The van der Waals surface area contributed by atoms with E-state index in [1.165, 1.54) is 19.2 Å². The van der Waals surface area contributed by atoms with Gasteiger partial charge in [-0.2, -0.15) is 5.10 Å². The van der Waals surface area contributed by atoms with Crippen LogP contribution in [-0.2, 0) is 14.8 Å². The van der Waals surface area contributed by atoms with E-state index in [2.05, 4.69) is 20.2 Å². The second-order valence-electron chi connectivity index (χ2n) is 2.80. The maximum Gasteiger partial charge on any atom is 0.257 e. The Morgan fingerprint density at radius 1 is 1.53 bits per heavy atom. The van der Waals surface area contributed by atoms with Gasteiger partial charge in [-0.1, -0.05) is 0 Å². The standard InChI is InChI=1S/C7H12N4O3S/c1-6(12)8-4-5-10-15(13,14)7-2-3-9-11-7/h2-3,10H,4-5H2,1H3,(H,8,12)(H,9,11). The highest BCUT2D eigenvalue weighted by molar-refractivity contribution is 7.89. The molecule has 15 heavy (non-hydrogen) atoms. The SMILES string of the molecule is CC(=O)NCCNS(=O)(=O)c1ccn[nH]1. The average molecular weight is 232 g/mol. The van der Waals surface area contributed by atoms with Crippen LogP contribution in [0, 0.1) is 0 Å². The van der Waals surface area contributed by atoms with Crippen molar-refractivity contribution in [3.8, 4) is 0 Å². The molecule has 0 saturated carbocycles. The van der Waals surface area contributed by atoms with Crippen molar-refractivity contribution in [2.24, 2.45) is 0 Å². The fourth-order valence-corrected chi connectivity index (χ4v) is 1.83. The van der Waals surface area contributed by atoms with E-state index in [1.54, 1.807) is 0 Å². The first-order valence-electron chi connectivity index (χ1n) is 4.26. The van der Waals surface area contributed by atoms with E-state index in [0.717, 1.165) is 0 Å². The number of sulfonamides is 1. The Kier molecular flexibility index (Phi) is 3.81. The Balaban J connectivity index is 2.42. The molecule has 0 unspecified atom stereocenters. The first-order chi connectivity index (χ1) is 7.02. The maximum atomic E-state index is 11.4. The fourth-order valence-electron chi connectivity index (χ4n) is 0.894. The lowest BCUT2D eigenvalue weighted by molar-refractivity contribution is -0.118. The summed E-state index contributed by atoms with van der Waals surface area (Å²) >= 11 is 0. The van der Waals surface area contributed by atoms with Gasteiger partial charge in [0, 0.05) is 20.0 Å². The second kappa shape index (κ2) is 4.89. The summed E-state index contributed by atoms with van der Waals surface area (Å²) in [7, 11) is -3.53. The minimum absolute atomic E-state index is 0.00493. The summed E-state index contributed by atoms with van der Waals surface area (Å²) in [5.41, 5.74) is 0. The number of carbonyl (C=O) groups excluding carboxylic acids is 1. The van der Waals surface area contributed by atoms with E-state index in [9.17, 15) is 13.2 Å². The molecule has 8 heteroatoms. The van der Waals surface area contributed by atoms with Crippen molar-refractivity contribution < 1.29 is 13.2 Å². The van der Waals surface area contributed by atoms with Gasteiger partial charge in [0.25, 0.3) is 10.0 Å². The number of nitrogens with one attached hydrogen (secondary N) is 3. The summed E-state index contributed by atoms with van der Waals surface area (Å²) in [5, 5.41) is 8.35. The van der Waals surface area contributed by atoms with Crippen molar-refractivity contribution in [1.29, 1.82) is 0 Å². The smallest absolute Gasteiger partial charge is 0.257 e. The average Bonchev–Trinajstić information content (AvgIpc) is 2.65. The van der Waals surface area contributed by atoms with Crippen LogP contribution in [0.25, 0.3) is 0 Å². The molecule has 0 fully saturated rings. The van der Waals surface area contributed by atoms with Crippen molar-refractivity contribution in [3.05, 3.63) is 12.3 Å². The largest absolute Gasteiger partial charge is 0.355 e. The number of hydrogen-bond acceptors (Lipinski definition) is 4. The lowest BCUT2D eigenvalue weighted by Crippen LogP contribution is -2.33. The van der Waals surface area contributed by atoms with E-state index in [0.29, 0.717) is 0 Å². The Morgan fingerprint density at radius 2 is 2.27 bits per heavy atom. The second-order valence-corrected chi connectivity index (χ2v) is 4.54. The van der Waals surface area contributed by atoms with Crippen LogP contribution in [0.2, 0.25) is 0 Å². The van der Waals surface area contributed by atoms with Crippen molar-refractivity contribution in [3.63, 3.8) is 0 Å². The van der Waals surface area contributed by atoms with Crippen molar-refractivity contribution in [2.75, 3.05) is 13.1 Å². The highest BCUT2D eigenvalue weighted by Gasteiger charge is 2.13. The topological polar surface area (TPSA) is 104 Å². The van der Waals surface area contributed by atoms with Gasteiger partial charge in [-0.3, -0.25) is 9.89 Å². The molecule has 7 nitrogen and oxygen atoms in total. The predicted octanol–water partition coefficient (Wildman–Crippen LogP) is -1.18. The van der Waals surface area contributed by atoms with Gasteiger partial charge in [0.05, 0.1) is 6.20 Å². The first kappa shape index (κ1) is 11.7. The molecule has 3 N–H and O–H groups in total. The normalized spacial score (nSPS) is 11.3. The van der Waals surface area contributed by atoms with E-state index < -0.39 is 10.0 Å². The number of H-pyrrole nitrogens is 1. The number of aromatic amines is 1. The van der Waals surface area contributed by atoms with Gasteiger partial charge in [0.15, 0.2) is 5.03 Å². The van der Waals surface area contributed by atoms with Gasteiger partial charge >= 0.3 is 0 Å². The number of carbonyl (C=O) groups is 1. The van der Waals surface area contributed by atoms with Crippen molar-refractivity contribution in [1.82, 2.24) is 20.2 Å².